The molecule has 0 spiro atoms. The summed E-state index contributed by atoms with van der Waals surface area (Å²) in [5.74, 6) is 0.411. The van der Waals surface area contributed by atoms with Gasteiger partial charge in [-0.3, -0.25) is 19.2 Å². The van der Waals surface area contributed by atoms with E-state index >= 15 is 0 Å². The number of carbonyl (C=O) groups excluding carboxylic acids is 3. The molecule has 2 fully saturated rings. The second-order valence-corrected chi connectivity index (χ2v) is 14.4. The Labute approximate surface area is 321 Å². The van der Waals surface area contributed by atoms with Gasteiger partial charge in [-0.2, -0.15) is 0 Å². The summed E-state index contributed by atoms with van der Waals surface area (Å²) in [5.41, 5.74) is 4.44. The lowest BCUT2D eigenvalue weighted by molar-refractivity contribution is -0.111. The number of ketones is 2. The van der Waals surface area contributed by atoms with Gasteiger partial charge >= 0.3 is 0 Å². The van der Waals surface area contributed by atoms with E-state index in [4.69, 9.17) is 0 Å². The molecule has 8 rings (SSSR count). The molecular weight excluding hydrogens is 685 g/mol. The van der Waals surface area contributed by atoms with Gasteiger partial charge in [-0.1, -0.05) is 142 Å². The third kappa shape index (κ3) is 9.60. The Hall–Kier alpha value is -5.95. The first kappa shape index (κ1) is 38.8. The molecule has 0 amide bonds. The molecule has 2 heterocycles. The van der Waals surface area contributed by atoms with Crippen LogP contribution < -0.4 is 11.1 Å². The number of aldehydes is 1. The molecule has 0 saturated heterocycles. The number of Topliss-reactive ketones (excluding diaryl/α,β-unsaturated/α-hetero) is 1. The Morgan fingerprint density at radius 3 is 1.42 bits per heavy atom. The lowest BCUT2D eigenvalue weighted by Crippen LogP contribution is -2.19. The summed E-state index contributed by atoms with van der Waals surface area (Å²) in [6, 6.07) is 34.4. The van der Waals surface area contributed by atoms with Gasteiger partial charge in [0.05, 0.1) is 11.1 Å². The van der Waals surface area contributed by atoms with Crippen molar-refractivity contribution < 1.29 is 14.4 Å². The van der Waals surface area contributed by atoms with Crippen LogP contribution in [0.5, 0.6) is 0 Å². The smallest absolute Gasteiger partial charge is 0.260 e. The molecule has 4 aromatic carbocycles. The number of rotatable bonds is 7. The van der Waals surface area contributed by atoms with E-state index < -0.39 is 0 Å². The van der Waals surface area contributed by atoms with Gasteiger partial charge in [0.2, 0.25) is 0 Å². The number of fused-ring (bicyclic) bond motifs is 2. The topological polar surface area (TPSA) is 117 Å². The van der Waals surface area contributed by atoms with Gasteiger partial charge in [0.15, 0.2) is 11.6 Å². The average molecular weight is 733 g/mol. The highest BCUT2D eigenvalue weighted by Crippen LogP contribution is 2.31. The second-order valence-electron chi connectivity index (χ2n) is 14.4. The standard InChI is InChI=1S/C24H23NO2.C17H13NO2.C7H12O/c26-21(16-15-17-9-3-1-4-10-17)23-22(18-11-5-2-6-12-18)19-13-7-8-14-20(19)25-24(23)27;1-11(19)15-16(12-7-3-2-4-8-12)13-9-5-6-10-14(13)18-17(15)20;8-6-7-4-2-1-3-5-7/h2,5-8,11-17H,1,3-4,9-10H2,(H,25,27);2-10H,1H3,(H,18,20);6-7H,1-5H2/b16-15+;;. The van der Waals surface area contributed by atoms with Gasteiger partial charge in [-0.05, 0) is 67.9 Å². The zero-order valence-electron chi connectivity index (χ0n) is 31.4. The Bertz CT molecular complexity index is 2400. The van der Waals surface area contributed by atoms with E-state index in [-0.39, 0.29) is 33.8 Å². The van der Waals surface area contributed by atoms with Crippen molar-refractivity contribution >= 4 is 39.7 Å². The van der Waals surface area contributed by atoms with E-state index in [1.807, 2.05) is 115 Å². The van der Waals surface area contributed by atoms with Crippen LogP contribution in [0.4, 0.5) is 0 Å². The molecule has 0 bridgehead atoms. The Balaban J connectivity index is 0.000000160. The van der Waals surface area contributed by atoms with Crippen molar-refractivity contribution in [2.75, 3.05) is 0 Å². The molecule has 7 heteroatoms. The molecule has 2 aromatic heterocycles. The molecule has 2 aliphatic rings. The molecule has 2 N–H and O–H groups in total. The molecule has 2 saturated carbocycles. The minimum Gasteiger partial charge on any atom is -0.321 e. The normalized spacial score (nSPS) is 14.8. The van der Waals surface area contributed by atoms with Crippen LogP contribution in [-0.4, -0.2) is 27.8 Å². The van der Waals surface area contributed by atoms with E-state index in [9.17, 15) is 24.0 Å². The summed E-state index contributed by atoms with van der Waals surface area (Å²) in [5, 5.41) is 1.77. The fourth-order valence-corrected chi connectivity index (χ4v) is 7.77. The highest BCUT2D eigenvalue weighted by Gasteiger charge is 2.20. The highest BCUT2D eigenvalue weighted by atomic mass is 16.2. The van der Waals surface area contributed by atoms with Gasteiger partial charge < -0.3 is 14.8 Å². The lowest BCUT2D eigenvalue weighted by atomic mass is 9.88. The Morgan fingerprint density at radius 2 is 0.964 bits per heavy atom. The molecule has 280 valence electrons. The molecule has 7 nitrogen and oxygen atoms in total. The number of carbonyl (C=O) groups is 3. The first-order valence-electron chi connectivity index (χ1n) is 19.4. The Kier molecular flexibility index (Phi) is 13.3. The van der Waals surface area contributed by atoms with E-state index in [0.29, 0.717) is 23.0 Å². The predicted octanol–water partition coefficient (Wildman–Crippen LogP) is 10.7. The van der Waals surface area contributed by atoms with Crippen molar-refractivity contribution in [3.05, 3.63) is 153 Å². The maximum atomic E-state index is 13.0. The summed E-state index contributed by atoms with van der Waals surface area (Å²) in [6.07, 6.45) is 16.9. The predicted molar refractivity (Wildman–Crippen MR) is 223 cm³/mol. The minimum absolute atomic E-state index is 0.216. The largest absolute Gasteiger partial charge is 0.321 e. The fourth-order valence-electron chi connectivity index (χ4n) is 7.77. The number of nitrogens with one attached hydrogen (secondary N) is 2. The SMILES string of the molecule is CC(=O)c1c(-c2ccccc2)c2ccccc2[nH]c1=O.O=C(/C=C/C1CCCCC1)c1c(-c2ccccc2)c2ccccc2[nH]c1=O.O=CC1CCCCC1. The summed E-state index contributed by atoms with van der Waals surface area (Å²) in [7, 11) is 0. The molecule has 0 unspecified atom stereocenters. The number of para-hydroxylation sites is 2. The van der Waals surface area contributed by atoms with E-state index in [2.05, 4.69) is 9.97 Å². The second kappa shape index (κ2) is 18.9. The maximum absolute atomic E-state index is 13.0. The van der Waals surface area contributed by atoms with Gasteiger partial charge in [0, 0.05) is 38.9 Å². The third-order valence-corrected chi connectivity index (χ3v) is 10.6. The quantitative estimate of drug-likeness (QED) is 0.0963. The summed E-state index contributed by atoms with van der Waals surface area (Å²) >= 11 is 0. The average Bonchev–Trinajstić information content (AvgIpc) is 3.23. The monoisotopic (exact) mass is 732 g/mol. The van der Waals surface area contributed by atoms with E-state index in [0.717, 1.165) is 64.9 Å². The van der Waals surface area contributed by atoms with Crippen LogP contribution >= 0.6 is 0 Å². The third-order valence-electron chi connectivity index (χ3n) is 10.6. The van der Waals surface area contributed by atoms with Gasteiger partial charge in [-0.25, -0.2) is 0 Å². The number of H-pyrrole nitrogens is 2. The van der Waals surface area contributed by atoms with Crippen LogP contribution in [0.1, 0.15) is 91.8 Å². The highest BCUT2D eigenvalue weighted by molar-refractivity contribution is 6.14. The fraction of sp³-hybridized carbons (Fsp3) is 0.271. The van der Waals surface area contributed by atoms with E-state index in [1.54, 1.807) is 6.08 Å². The first-order valence-corrected chi connectivity index (χ1v) is 19.4. The first-order chi connectivity index (χ1) is 26.9. The number of benzene rings is 4. The van der Waals surface area contributed by atoms with Gasteiger partial charge in [0.25, 0.3) is 11.1 Å². The van der Waals surface area contributed by atoms with Crippen LogP contribution in [0, 0.1) is 11.8 Å². The van der Waals surface area contributed by atoms with Gasteiger partial charge in [0.1, 0.15) is 6.29 Å². The summed E-state index contributed by atoms with van der Waals surface area (Å²) < 4.78 is 0. The van der Waals surface area contributed by atoms with Crippen molar-refractivity contribution in [3.8, 4) is 22.3 Å². The van der Waals surface area contributed by atoms with Crippen molar-refractivity contribution in [2.45, 2.75) is 71.1 Å². The van der Waals surface area contributed by atoms with Gasteiger partial charge in [-0.15, -0.1) is 0 Å². The van der Waals surface area contributed by atoms with Crippen molar-refractivity contribution in [1.82, 2.24) is 9.97 Å². The molecule has 6 aromatic rings. The van der Waals surface area contributed by atoms with Crippen LogP contribution in [0.3, 0.4) is 0 Å². The summed E-state index contributed by atoms with van der Waals surface area (Å²) in [6.45, 7) is 1.42. The zero-order chi connectivity index (χ0) is 38.6. The lowest BCUT2D eigenvalue weighted by Gasteiger charge is -2.17. The number of hydrogen-bond donors (Lipinski definition) is 2. The van der Waals surface area contributed by atoms with E-state index in [1.165, 1.54) is 45.4 Å². The molecular formula is C48H48N2O5. The molecule has 0 aliphatic heterocycles. The number of pyridine rings is 2. The van der Waals surface area contributed by atoms with Crippen LogP contribution in [0.15, 0.2) is 131 Å². The van der Waals surface area contributed by atoms with Crippen molar-refractivity contribution in [2.24, 2.45) is 11.8 Å². The molecule has 55 heavy (non-hydrogen) atoms. The molecule has 0 radical (unpaired) electrons. The summed E-state index contributed by atoms with van der Waals surface area (Å²) in [4.78, 5) is 65.7. The molecule has 2 aliphatic carbocycles. The van der Waals surface area contributed by atoms with Crippen molar-refractivity contribution in [1.29, 1.82) is 0 Å². The number of allylic oxidation sites excluding steroid dienone is 2. The minimum atomic E-state index is -0.338. The number of aromatic nitrogens is 2. The maximum Gasteiger partial charge on any atom is 0.260 e. The molecule has 0 atom stereocenters. The zero-order valence-corrected chi connectivity index (χ0v) is 31.4. The Morgan fingerprint density at radius 1 is 0.545 bits per heavy atom. The van der Waals surface area contributed by atoms with Crippen LogP contribution in [0.2, 0.25) is 0 Å². The van der Waals surface area contributed by atoms with Crippen LogP contribution in [-0.2, 0) is 4.79 Å². The number of aromatic amines is 2. The van der Waals surface area contributed by atoms with Crippen LogP contribution in [0.25, 0.3) is 44.1 Å². The number of hydrogen-bond acceptors (Lipinski definition) is 5. The van der Waals surface area contributed by atoms with Crippen molar-refractivity contribution in [3.63, 3.8) is 0 Å².